The monoisotopic (exact) mass is 366 g/mol. The molecule has 1 aliphatic carbocycles. The largest absolute Gasteiger partial charge is 0.392 e. The van der Waals surface area contributed by atoms with E-state index in [2.05, 4.69) is 4.74 Å². The van der Waals surface area contributed by atoms with E-state index in [-0.39, 0.29) is 6.42 Å². The van der Waals surface area contributed by atoms with E-state index in [1.807, 2.05) is 0 Å². The van der Waals surface area contributed by atoms with Gasteiger partial charge in [-0.05, 0) is 19.4 Å². The Morgan fingerprint density at radius 3 is 2.00 bits per heavy atom. The molecule has 0 radical (unpaired) electrons. The minimum absolute atomic E-state index is 0.225. The highest BCUT2D eigenvalue weighted by atomic mass is 16.6. The molecule has 0 aromatic heterocycles. The predicted octanol–water partition coefficient (Wildman–Crippen LogP) is -4.55. The average molecular weight is 366 g/mol. The maximum absolute atomic E-state index is 11.8. The molecule has 1 aliphatic rings. The zero-order valence-electron chi connectivity index (χ0n) is 13.6. The Morgan fingerprint density at radius 1 is 1.00 bits per heavy atom. The zero-order valence-corrected chi connectivity index (χ0v) is 13.6. The minimum atomic E-state index is -2.72. The second-order valence-electron chi connectivity index (χ2n) is 6.21. The van der Waals surface area contributed by atoms with Crippen LogP contribution in [-0.2, 0) is 14.3 Å². The van der Waals surface area contributed by atoms with Crippen molar-refractivity contribution >= 4 is 11.9 Å². The van der Waals surface area contributed by atoms with E-state index in [1.165, 1.54) is 0 Å². The quantitative estimate of drug-likeness (QED) is 0.122. The van der Waals surface area contributed by atoms with Crippen molar-refractivity contribution in [3.8, 4) is 0 Å². The Balaban J connectivity index is 2.69. The van der Waals surface area contributed by atoms with Crippen molar-refractivity contribution < 1.29 is 45.0 Å². The first-order valence-corrected chi connectivity index (χ1v) is 7.89. The van der Waals surface area contributed by atoms with E-state index in [4.69, 9.17) is 11.5 Å². The zero-order chi connectivity index (χ0) is 19.4. The number of rotatable bonds is 7. The van der Waals surface area contributed by atoms with Crippen LogP contribution in [-0.4, -0.2) is 91.3 Å². The molecule has 146 valence electrons. The highest BCUT2D eigenvalue weighted by molar-refractivity contribution is 5.88. The van der Waals surface area contributed by atoms with Crippen LogP contribution in [0.15, 0.2) is 0 Å². The van der Waals surface area contributed by atoms with Crippen LogP contribution in [0.1, 0.15) is 25.7 Å². The molecule has 11 nitrogen and oxygen atoms in total. The van der Waals surface area contributed by atoms with Crippen LogP contribution in [0.5, 0.6) is 0 Å². The molecular weight excluding hydrogens is 340 g/mol. The fraction of sp³-hybridized carbons (Fsp3) is 0.857. The first kappa shape index (κ1) is 21.9. The fourth-order valence-corrected chi connectivity index (χ4v) is 2.63. The summed E-state index contributed by atoms with van der Waals surface area (Å²) >= 11 is 0. The van der Waals surface area contributed by atoms with Crippen molar-refractivity contribution in [2.24, 2.45) is 11.5 Å². The molecule has 0 saturated heterocycles. The summed E-state index contributed by atoms with van der Waals surface area (Å²) in [6.45, 7) is 0.417. The summed E-state index contributed by atoms with van der Waals surface area (Å²) < 4.78 is 4.46. The number of aliphatic hydroxyl groups is 6. The van der Waals surface area contributed by atoms with Crippen LogP contribution in [0, 0.1) is 0 Å². The minimum Gasteiger partial charge on any atom is -0.392 e. The molecule has 2 unspecified atom stereocenters. The second kappa shape index (κ2) is 8.96. The lowest BCUT2D eigenvalue weighted by atomic mass is 9.73. The van der Waals surface area contributed by atoms with E-state index >= 15 is 0 Å². The Labute approximate surface area is 143 Å². The van der Waals surface area contributed by atoms with Gasteiger partial charge < -0.3 is 46.8 Å². The molecule has 10 N–H and O–H groups in total. The number of carbonyl (C=O) groups excluding carboxylic acids is 2. The van der Waals surface area contributed by atoms with Crippen LogP contribution in [0.25, 0.3) is 0 Å². The number of esters is 2. The fourth-order valence-electron chi connectivity index (χ4n) is 2.63. The summed E-state index contributed by atoms with van der Waals surface area (Å²) in [5.74, 6) is -2.39. The van der Waals surface area contributed by atoms with Crippen molar-refractivity contribution in [2.75, 3.05) is 6.54 Å². The van der Waals surface area contributed by atoms with Gasteiger partial charge in [0.15, 0.2) is 0 Å². The molecular formula is C14H26N2O9. The average Bonchev–Trinajstić information content (AvgIpc) is 2.56. The van der Waals surface area contributed by atoms with Crippen LogP contribution in [0.3, 0.4) is 0 Å². The molecule has 25 heavy (non-hydrogen) atoms. The lowest BCUT2D eigenvalue weighted by Gasteiger charge is -2.47. The van der Waals surface area contributed by atoms with Gasteiger partial charge in [-0.3, -0.25) is 4.79 Å². The van der Waals surface area contributed by atoms with Crippen LogP contribution < -0.4 is 11.5 Å². The molecule has 0 bridgehead atoms. The van der Waals surface area contributed by atoms with Gasteiger partial charge >= 0.3 is 11.9 Å². The number of hydrogen-bond donors (Lipinski definition) is 8. The Morgan fingerprint density at radius 2 is 1.52 bits per heavy atom. The van der Waals surface area contributed by atoms with Gasteiger partial charge in [0.2, 0.25) is 0 Å². The molecule has 1 saturated carbocycles. The van der Waals surface area contributed by atoms with Gasteiger partial charge in [0.05, 0.1) is 6.42 Å². The van der Waals surface area contributed by atoms with Crippen molar-refractivity contribution in [3.05, 3.63) is 0 Å². The van der Waals surface area contributed by atoms with E-state index in [0.717, 1.165) is 0 Å². The van der Waals surface area contributed by atoms with E-state index in [1.54, 1.807) is 0 Å². The molecule has 0 aliphatic heterocycles. The number of unbranched alkanes of at least 4 members (excludes halogenated alkanes) is 1. The lowest BCUT2D eigenvalue weighted by molar-refractivity contribution is -0.269. The van der Waals surface area contributed by atoms with Gasteiger partial charge in [-0.2, -0.15) is 0 Å². The molecule has 0 spiro atoms. The molecule has 11 heteroatoms. The normalized spacial score (nSPS) is 36.7. The van der Waals surface area contributed by atoms with Crippen LogP contribution in [0.2, 0.25) is 0 Å². The molecule has 1 fully saturated rings. The standard InChI is InChI=1S/C14H26N2O9/c15-4-2-1-3-6(16)13(23)25-7(17)5-14(24)11(21)9(19)8(18)10(20)12(14)22/h6,8-12,18-22,24H,1-5,15-16H2/t6-,8?,9-,10+,11+,12+,14?/m0/s1. The van der Waals surface area contributed by atoms with E-state index < -0.39 is 60.5 Å². The predicted molar refractivity (Wildman–Crippen MR) is 81.6 cm³/mol. The Kier molecular flexibility index (Phi) is 7.84. The van der Waals surface area contributed by atoms with Crippen molar-refractivity contribution in [2.45, 2.75) is 67.8 Å². The van der Waals surface area contributed by atoms with Crippen molar-refractivity contribution in [1.29, 1.82) is 0 Å². The number of nitrogens with two attached hydrogens (primary N) is 2. The number of carbonyl (C=O) groups is 2. The Bertz CT molecular complexity index is 459. The third-order valence-corrected chi connectivity index (χ3v) is 4.29. The molecule has 0 amide bonds. The highest BCUT2D eigenvalue weighted by Gasteiger charge is 2.58. The number of ether oxygens (including phenoxy) is 1. The molecule has 0 aromatic carbocycles. The van der Waals surface area contributed by atoms with Gasteiger partial charge in [-0.15, -0.1) is 0 Å². The van der Waals surface area contributed by atoms with Gasteiger partial charge in [0.25, 0.3) is 0 Å². The SMILES string of the molecule is NCCCC[C@H](N)C(=O)OC(=O)CC1(O)[C@H](O)[C@H](O)C(O)[C@H](O)[C@H]1O. The maximum atomic E-state index is 11.8. The molecule has 1 rings (SSSR count). The summed E-state index contributed by atoms with van der Waals surface area (Å²) in [7, 11) is 0. The summed E-state index contributed by atoms with van der Waals surface area (Å²) in [5, 5.41) is 58.6. The third-order valence-electron chi connectivity index (χ3n) is 4.29. The molecule has 7 atom stereocenters. The maximum Gasteiger partial charge on any atom is 0.330 e. The first-order valence-electron chi connectivity index (χ1n) is 7.89. The molecule has 0 aromatic rings. The van der Waals surface area contributed by atoms with Crippen molar-refractivity contribution in [1.82, 2.24) is 0 Å². The lowest BCUT2D eigenvalue weighted by Crippen LogP contribution is -2.71. The summed E-state index contributed by atoms with van der Waals surface area (Å²) in [6.07, 6.45) is -10.0. The summed E-state index contributed by atoms with van der Waals surface area (Å²) in [5.41, 5.74) is 8.13. The number of aliphatic hydroxyl groups excluding tert-OH is 5. The van der Waals surface area contributed by atoms with E-state index in [0.29, 0.717) is 19.4 Å². The van der Waals surface area contributed by atoms with Crippen LogP contribution >= 0.6 is 0 Å². The third kappa shape index (κ3) is 4.92. The number of hydrogen-bond acceptors (Lipinski definition) is 11. The van der Waals surface area contributed by atoms with Gasteiger partial charge in [0.1, 0.15) is 42.2 Å². The highest BCUT2D eigenvalue weighted by Crippen LogP contribution is 2.33. The Hall–Kier alpha value is -1.18. The van der Waals surface area contributed by atoms with Gasteiger partial charge in [0, 0.05) is 0 Å². The van der Waals surface area contributed by atoms with Gasteiger partial charge in [-0.1, -0.05) is 6.42 Å². The molecule has 0 heterocycles. The summed E-state index contributed by atoms with van der Waals surface area (Å²) in [6, 6.07) is -1.09. The van der Waals surface area contributed by atoms with Gasteiger partial charge in [-0.25, -0.2) is 4.79 Å². The first-order chi connectivity index (χ1) is 11.6. The van der Waals surface area contributed by atoms with Crippen LogP contribution in [0.4, 0.5) is 0 Å². The smallest absolute Gasteiger partial charge is 0.330 e. The van der Waals surface area contributed by atoms with E-state index in [9.17, 15) is 40.2 Å². The summed E-state index contributed by atoms with van der Waals surface area (Å²) in [4.78, 5) is 23.5. The second-order valence-corrected chi connectivity index (χ2v) is 6.21. The van der Waals surface area contributed by atoms with Crippen molar-refractivity contribution in [3.63, 3.8) is 0 Å². The topological polar surface area (TPSA) is 217 Å².